The number of hydrogen-bond donors (Lipinski definition) is 1. The highest BCUT2D eigenvalue weighted by Gasteiger charge is 2.05. The maximum absolute atomic E-state index is 11.8. The van der Waals surface area contributed by atoms with E-state index in [2.05, 4.69) is 17.2 Å². The van der Waals surface area contributed by atoms with Gasteiger partial charge in [-0.3, -0.25) is 4.79 Å². The summed E-state index contributed by atoms with van der Waals surface area (Å²) in [7, 11) is 0. The highest BCUT2D eigenvalue weighted by atomic mass is 32.1. The molecule has 0 aliphatic heterocycles. The second-order valence-electron chi connectivity index (χ2n) is 4.98. The molecule has 2 aromatic rings. The molecular formula is C16H22N2O3S. The van der Waals surface area contributed by atoms with E-state index in [4.69, 9.17) is 9.47 Å². The van der Waals surface area contributed by atoms with E-state index >= 15 is 0 Å². The van der Waals surface area contributed by atoms with Gasteiger partial charge >= 0.3 is 0 Å². The van der Waals surface area contributed by atoms with Crippen molar-refractivity contribution in [3.8, 4) is 0 Å². The van der Waals surface area contributed by atoms with E-state index in [1.807, 2.05) is 25.1 Å². The van der Waals surface area contributed by atoms with Gasteiger partial charge in [-0.15, -0.1) is 11.3 Å². The lowest BCUT2D eigenvalue weighted by Gasteiger charge is -2.07. The van der Waals surface area contributed by atoms with Crippen LogP contribution < -0.4 is 5.32 Å². The number of aromatic nitrogens is 1. The number of thiazole rings is 1. The van der Waals surface area contributed by atoms with Gasteiger partial charge in [0.1, 0.15) is 6.61 Å². The molecule has 2 rings (SSSR count). The van der Waals surface area contributed by atoms with Crippen LogP contribution in [0.1, 0.15) is 24.8 Å². The summed E-state index contributed by atoms with van der Waals surface area (Å²) in [5, 5.41) is 3.83. The van der Waals surface area contributed by atoms with Crippen LogP contribution >= 0.6 is 11.3 Å². The fourth-order valence-corrected chi connectivity index (χ4v) is 2.76. The smallest absolute Gasteiger partial charge is 0.250 e. The third-order valence-electron chi connectivity index (χ3n) is 3.03. The van der Waals surface area contributed by atoms with Gasteiger partial charge in [-0.05, 0) is 31.5 Å². The third kappa shape index (κ3) is 5.36. The zero-order valence-corrected chi connectivity index (χ0v) is 13.9. The maximum Gasteiger partial charge on any atom is 0.250 e. The predicted molar refractivity (Wildman–Crippen MR) is 89.5 cm³/mol. The van der Waals surface area contributed by atoms with E-state index in [9.17, 15) is 4.79 Å². The molecule has 1 aromatic heterocycles. The first kappa shape index (κ1) is 16.9. The molecule has 6 heteroatoms. The average molecular weight is 322 g/mol. The van der Waals surface area contributed by atoms with Crippen molar-refractivity contribution >= 4 is 33.1 Å². The number of nitrogens with one attached hydrogen (secondary N) is 1. The Morgan fingerprint density at radius 1 is 1.27 bits per heavy atom. The number of fused-ring (bicyclic) bond motifs is 1. The van der Waals surface area contributed by atoms with E-state index in [0.29, 0.717) is 13.2 Å². The van der Waals surface area contributed by atoms with Crippen molar-refractivity contribution in [1.29, 1.82) is 0 Å². The molecule has 0 radical (unpaired) electrons. The van der Waals surface area contributed by atoms with Crippen molar-refractivity contribution in [3.63, 3.8) is 0 Å². The first-order valence-corrected chi connectivity index (χ1v) is 8.33. The zero-order chi connectivity index (χ0) is 15.8. The summed E-state index contributed by atoms with van der Waals surface area (Å²) in [4.78, 5) is 16.2. The van der Waals surface area contributed by atoms with Crippen LogP contribution in [0.15, 0.2) is 18.2 Å². The molecule has 22 heavy (non-hydrogen) atoms. The SMILES string of the molecule is CCCCOCCOCC(=O)Nc1ccc2sc(C)nc2c1. The van der Waals surface area contributed by atoms with E-state index in [1.165, 1.54) is 0 Å². The number of rotatable bonds is 9. The minimum atomic E-state index is -0.167. The number of nitrogens with zero attached hydrogens (tertiary/aromatic N) is 1. The summed E-state index contributed by atoms with van der Waals surface area (Å²) >= 11 is 1.64. The first-order chi connectivity index (χ1) is 10.7. The Hall–Kier alpha value is -1.50. The summed E-state index contributed by atoms with van der Waals surface area (Å²) in [6, 6.07) is 5.73. The second-order valence-corrected chi connectivity index (χ2v) is 6.22. The van der Waals surface area contributed by atoms with Gasteiger partial charge in [-0.25, -0.2) is 4.98 Å². The lowest BCUT2D eigenvalue weighted by Crippen LogP contribution is -2.19. The largest absolute Gasteiger partial charge is 0.379 e. The maximum atomic E-state index is 11.8. The van der Waals surface area contributed by atoms with Crippen LogP contribution in [0.2, 0.25) is 0 Å². The molecule has 0 aliphatic rings. The molecule has 1 N–H and O–H groups in total. The van der Waals surface area contributed by atoms with Crippen molar-refractivity contribution in [2.45, 2.75) is 26.7 Å². The molecule has 1 amide bonds. The molecule has 0 bridgehead atoms. The van der Waals surface area contributed by atoms with E-state index < -0.39 is 0 Å². The molecule has 1 aromatic carbocycles. The average Bonchev–Trinajstić information content (AvgIpc) is 2.85. The minimum Gasteiger partial charge on any atom is -0.379 e. The van der Waals surface area contributed by atoms with Gasteiger partial charge in [-0.1, -0.05) is 13.3 Å². The monoisotopic (exact) mass is 322 g/mol. The first-order valence-electron chi connectivity index (χ1n) is 7.51. The Bertz CT molecular complexity index is 612. The number of carbonyl (C=O) groups excluding carboxylic acids is 1. The predicted octanol–water partition coefficient (Wildman–Crippen LogP) is 3.38. The molecule has 0 aliphatic carbocycles. The minimum absolute atomic E-state index is 0.0330. The van der Waals surface area contributed by atoms with Crippen LogP contribution in [0.3, 0.4) is 0 Å². The Labute approximate surface area is 134 Å². The Morgan fingerprint density at radius 3 is 2.91 bits per heavy atom. The summed E-state index contributed by atoms with van der Waals surface area (Å²) in [5.74, 6) is -0.167. The van der Waals surface area contributed by atoms with Gasteiger partial charge in [0.25, 0.3) is 0 Å². The topological polar surface area (TPSA) is 60.5 Å². The standard InChI is InChI=1S/C16H22N2O3S/c1-3-4-7-20-8-9-21-11-16(19)18-13-5-6-15-14(10-13)17-12(2)22-15/h5-6,10H,3-4,7-9,11H2,1-2H3,(H,18,19). The quantitative estimate of drug-likeness (QED) is 0.719. The normalized spacial score (nSPS) is 11.0. The molecule has 1 heterocycles. The van der Waals surface area contributed by atoms with Crippen LogP contribution in [-0.4, -0.2) is 37.3 Å². The number of benzene rings is 1. The highest BCUT2D eigenvalue weighted by Crippen LogP contribution is 2.24. The lowest BCUT2D eigenvalue weighted by atomic mass is 10.3. The molecule has 120 valence electrons. The number of hydrogen-bond acceptors (Lipinski definition) is 5. The van der Waals surface area contributed by atoms with Gasteiger partial charge in [0, 0.05) is 12.3 Å². The Balaban J connectivity index is 1.69. The van der Waals surface area contributed by atoms with E-state index in [1.54, 1.807) is 11.3 Å². The summed E-state index contributed by atoms with van der Waals surface area (Å²) in [6.07, 6.45) is 2.17. The van der Waals surface area contributed by atoms with Crippen LogP contribution in [0.25, 0.3) is 10.2 Å². The number of carbonyl (C=O) groups is 1. The van der Waals surface area contributed by atoms with Crippen LogP contribution in [0.5, 0.6) is 0 Å². The van der Waals surface area contributed by atoms with Crippen molar-refractivity contribution in [1.82, 2.24) is 4.98 Å². The summed E-state index contributed by atoms with van der Waals surface area (Å²) < 4.78 is 11.8. The van der Waals surface area contributed by atoms with Gasteiger partial charge in [0.15, 0.2) is 0 Å². The number of ether oxygens (including phenoxy) is 2. The molecule has 0 atom stereocenters. The number of aryl methyl sites for hydroxylation is 1. The van der Waals surface area contributed by atoms with Gasteiger partial charge < -0.3 is 14.8 Å². The van der Waals surface area contributed by atoms with E-state index in [-0.39, 0.29) is 12.5 Å². The third-order valence-corrected chi connectivity index (χ3v) is 3.98. The fourth-order valence-electron chi connectivity index (χ4n) is 1.95. The molecule has 5 nitrogen and oxygen atoms in total. The van der Waals surface area contributed by atoms with Crippen LogP contribution in [-0.2, 0) is 14.3 Å². The van der Waals surface area contributed by atoms with E-state index in [0.717, 1.165) is 40.4 Å². The summed E-state index contributed by atoms with van der Waals surface area (Å²) in [5.41, 5.74) is 1.65. The van der Waals surface area contributed by atoms with Crippen molar-refractivity contribution in [3.05, 3.63) is 23.2 Å². The second kappa shape index (κ2) is 8.82. The molecule has 0 unspecified atom stereocenters. The van der Waals surface area contributed by atoms with Crippen LogP contribution in [0.4, 0.5) is 5.69 Å². The number of unbranched alkanes of at least 4 members (excludes halogenated alkanes) is 1. The Morgan fingerprint density at radius 2 is 2.09 bits per heavy atom. The Kier molecular flexibility index (Phi) is 6.76. The zero-order valence-electron chi connectivity index (χ0n) is 13.1. The van der Waals surface area contributed by atoms with Crippen molar-refractivity contribution in [2.24, 2.45) is 0 Å². The lowest BCUT2D eigenvalue weighted by molar-refractivity contribution is -0.121. The molecular weight excluding hydrogens is 300 g/mol. The van der Waals surface area contributed by atoms with Gasteiger partial charge in [-0.2, -0.15) is 0 Å². The van der Waals surface area contributed by atoms with Crippen molar-refractivity contribution in [2.75, 3.05) is 31.7 Å². The summed E-state index contributed by atoms with van der Waals surface area (Å²) in [6.45, 7) is 5.83. The highest BCUT2D eigenvalue weighted by molar-refractivity contribution is 7.18. The molecule has 0 spiro atoms. The van der Waals surface area contributed by atoms with Gasteiger partial charge in [0.05, 0.1) is 28.4 Å². The molecule has 0 fully saturated rings. The molecule has 0 saturated carbocycles. The van der Waals surface area contributed by atoms with Crippen LogP contribution in [0, 0.1) is 6.92 Å². The van der Waals surface area contributed by atoms with Crippen molar-refractivity contribution < 1.29 is 14.3 Å². The fraction of sp³-hybridized carbons (Fsp3) is 0.500. The van der Waals surface area contributed by atoms with Gasteiger partial charge in [0.2, 0.25) is 5.91 Å². The molecule has 0 saturated heterocycles. The number of anilines is 1. The number of amides is 1.